The van der Waals surface area contributed by atoms with Crippen LogP contribution in [0.5, 0.6) is 0 Å². The molecule has 6 nitrogen and oxygen atoms in total. The fourth-order valence-electron chi connectivity index (χ4n) is 1.74. The lowest BCUT2D eigenvalue weighted by atomic mass is 10.2. The van der Waals surface area contributed by atoms with Crippen LogP contribution in [-0.2, 0) is 6.54 Å². The van der Waals surface area contributed by atoms with Gasteiger partial charge in [-0.2, -0.15) is 0 Å². The zero-order valence-electron chi connectivity index (χ0n) is 11.6. The summed E-state index contributed by atoms with van der Waals surface area (Å²) in [6.45, 7) is 4.98. The molecule has 0 spiro atoms. The Morgan fingerprint density at radius 3 is 3.00 bits per heavy atom. The van der Waals surface area contributed by atoms with Crippen LogP contribution >= 0.6 is 0 Å². The van der Waals surface area contributed by atoms with Crippen LogP contribution in [0.25, 0.3) is 0 Å². The molecule has 2 rings (SSSR count). The van der Waals surface area contributed by atoms with Crippen molar-refractivity contribution in [3.05, 3.63) is 41.4 Å². The largest absolute Gasteiger partial charge is 0.369 e. The first kappa shape index (κ1) is 14.0. The number of anilines is 1. The third-order valence-electron chi connectivity index (χ3n) is 2.70. The molecule has 0 radical (unpaired) electrons. The van der Waals surface area contributed by atoms with E-state index in [1.807, 2.05) is 6.92 Å². The van der Waals surface area contributed by atoms with Gasteiger partial charge in [-0.1, -0.05) is 12.1 Å². The normalized spacial score (nSPS) is 10.3. The lowest BCUT2D eigenvalue weighted by molar-refractivity contribution is 0.0950. The van der Waals surface area contributed by atoms with Crippen molar-refractivity contribution in [3.8, 4) is 0 Å². The minimum absolute atomic E-state index is 0.183. The number of carbonyl (C=O) groups is 1. The van der Waals surface area contributed by atoms with Crippen LogP contribution in [-0.4, -0.2) is 22.6 Å². The number of hydrogen-bond donors (Lipinski definition) is 2. The molecule has 2 N–H and O–H groups in total. The lowest BCUT2D eigenvalue weighted by Gasteiger charge is -2.09. The van der Waals surface area contributed by atoms with E-state index in [-0.39, 0.29) is 5.91 Å². The van der Waals surface area contributed by atoms with E-state index in [1.54, 1.807) is 24.4 Å². The molecule has 2 aromatic heterocycles. The van der Waals surface area contributed by atoms with Crippen molar-refractivity contribution in [1.82, 2.24) is 15.5 Å². The number of amides is 1. The maximum absolute atomic E-state index is 12.2. The molecule has 0 bridgehead atoms. The summed E-state index contributed by atoms with van der Waals surface area (Å²) in [5.41, 5.74) is 1.23. The third kappa shape index (κ3) is 3.57. The Bertz CT molecular complexity index is 580. The summed E-state index contributed by atoms with van der Waals surface area (Å²) in [5.74, 6) is 1.14. The average molecular weight is 274 g/mol. The van der Waals surface area contributed by atoms with E-state index in [2.05, 4.69) is 27.7 Å². The van der Waals surface area contributed by atoms with E-state index in [0.29, 0.717) is 23.6 Å². The standard InChI is InChI=1S/C14H18N4O2/c1-3-6-15-13-12(5-4-7-16-13)14(19)17-9-11-8-10(2)20-18-11/h4-5,7-8H,3,6,9H2,1-2H3,(H,15,16)(H,17,19). The molecule has 0 atom stereocenters. The second kappa shape index (κ2) is 6.70. The molecule has 0 aliphatic heterocycles. The number of carbonyl (C=O) groups excluding carboxylic acids is 1. The predicted octanol–water partition coefficient (Wildman–Crippen LogP) is 2.13. The monoisotopic (exact) mass is 274 g/mol. The van der Waals surface area contributed by atoms with Crippen LogP contribution in [0, 0.1) is 6.92 Å². The average Bonchev–Trinajstić information content (AvgIpc) is 2.88. The number of aryl methyl sites for hydroxylation is 1. The maximum Gasteiger partial charge on any atom is 0.255 e. The summed E-state index contributed by atoms with van der Waals surface area (Å²) in [4.78, 5) is 16.3. The second-order valence-corrected chi connectivity index (χ2v) is 4.44. The quantitative estimate of drug-likeness (QED) is 0.843. The first-order chi connectivity index (χ1) is 9.70. The Hall–Kier alpha value is -2.37. The van der Waals surface area contributed by atoms with Gasteiger partial charge in [-0.05, 0) is 25.5 Å². The highest BCUT2D eigenvalue weighted by molar-refractivity contribution is 5.98. The highest BCUT2D eigenvalue weighted by Crippen LogP contribution is 2.11. The van der Waals surface area contributed by atoms with Gasteiger partial charge in [-0.3, -0.25) is 4.79 Å². The van der Waals surface area contributed by atoms with E-state index in [0.717, 1.165) is 18.7 Å². The number of pyridine rings is 1. The highest BCUT2D eigenvalue weighted by Gasteiger charge is 2.12. The zero-order chi connectivity index (χ0) is 14.4. The van der Waals surface area contributed by atoms with Crippen molar-refractivity contribution in [3.63, 3.8) is 0 Å². The summed E-state index contributed by atoms with van der Waals surface area (Å²) in [6, 6.07) is 5.28. The molecular formula is C14H18N4O2. The minimum atomic E-state index is -0.183. The molecule has 0 saturated heterocycles. The Balaban J connectivity index is 2.01. The molecule has 0 aliphatic carbocycles. The van der Waals surface area contributed by atoms with Crippen LogP contribution in [0.15, 0.2) is 28.9 Å². The van der Waals surface area contributed by atoms with Gasteiger partial charge in [0, 0.05) is 18.8 Å². The van der Waals surface area contributed by atoms with Crippen molar-refractivity contribution in [1.29, 1.82) is 0 Å². The molecule has 2 heterocycles. The van der Waals surface area contributed by atoms with Crippen LogP contribution in [0.1, 0.15) is 35.2 Å². The molecule has 0 aliphatic rings. The first-order valence-electron chi connectivity index (χ1n) is 6.60. The van der Waals surface area contributed by atoms with Crippen molar-refractivity contribution >= 4 is 11.7 Å². The van der Waals surface area contributed by atoms with Crippen molar-refractivity contribution in [2.75, 3.05) is 11.9 Å². The number of aromatic nitrogens is 2. The molecule has 0 saturated carbocycles. The van der Waals surface area contributed by atoms with Gasteiger partial charge in [-0.25, -0.2) is 4.98 Å². The molecule has 2 aromatic rings. The van der Waals surface area contributed by atoms with Gasteiger partial charge >= 0.3 is 0 Å². The van der Waals surface area contributed by atoms with E-state index in [9.17, 15) is 4.79 Å². The Morgan fingerprint density at radius 2 is 2.30 bits per heavy atom. The Labute approximate surface area is 117 Å². The highest BCUT2D eigenvalue weighted by atomic mass is 16.5. The number of rotatable bonds is 6. The van der Waals surface area contributed by atoms with E-state index in [4.69, 9.17) is 4.52 Å². The van der Waals surface area contributed by atoms with Gasteiger partial charge in [0.2, 0.25) is 0 Å². The molecule has 1 amide bonds. The molecular weight excluding hydrogens is 256 g/mol. The van der Waals surface area contributed by atoms with Gasteiger partial charge in [0.1, 0.15) is 17.3 Å². The van der Waals surface area contributed by atoms with E-state index < -0.39 is 0 Å². The van der Waals surface area contributed by atoms with Gasteiger partial charge in [-0.15, -0.1) is 0 Å². The van der Waals surface area contributed by atoms with Gasteiger partial charge in [0.25, 0.3) is 5.91 Å². The molecule has 0 fully saturated rings. The SMILES string of the molecule is CCCNc1ncccc1C(=O)NCc1cc(C)on1. The van der Waals surface area contributed by atoms with Crippen LogP contribution in [0.3, 0.4) is 0 Å². The molecule has 6 heteroatoms. The molecule has 20 heavy (non-hydrogen) atoms. The third-order valence-corrected chi connectivity index (χ3v) is 2.70. The van der Waals surface area contributed by atoms with E-state index >= 15 is 0 Å². The molecule has 106 valence electrons. The smallest absolute Gasteiger partial charge is 0.255 e. The molecule has 0 unspecified atom stereocenters. The van der Waals surface area contributed by atoms with Crippen LogP contribution < -0.4 is 10.6 Å². The summed E-state index contributed by atoms with van der Waals surface area (Å²) in [5, 5.41) is 9.78. The van der Waals surface area contributed by atoms with Gasteiger partial charge < -0.3 is 15.2 Å². The summed E-state index contributed by atoms with van der Waals surface area (Å²) in [6.07, 6.45) is 2.63. The summed E-state index contributed by atoms with van der Waals surface area (Å²) < 4.78 is 4.95. The Kier molecular flexibility index (Phi) is 4.70. The minimum Gasteiger partial charge on any atom is -0.369 e. The number of nitrogens with one attached hydrogen (secondary N) is 2. The Morgan fingerprint density at radius 1 is 1.45 bits per heavy atom. The van der Waals surface area contributed by atoms with Gasteiger partial charge in [0.05, 0.1) is 12.1 Å². The number of hydrogen-bond acceptors (Lipinski definition) is 5. The van der Waals surface area contributed by atoms with Crippen LogP contribution in [0.4, 0.5) is 5.82 Å². The maximum atomic E-state index is 12.2. The topological polar surface area (TPSA) is 80.0 Å². The van der Waals surface area contributed by atoms with E-state index in [1.165, 1.54) is 0 Å². The van der Waals surface area contributed by atoms with Crippen molar-refractivity contribution < 1.29 is 9.32 Å². The zero-order valence-corrected chi connectivity index (χ0v) is 11.6. The van der Waals surface area contributed by atoms with Crippen LogP contribution in [0.2, 0.25) is 0 Å². The number of nitrogens with zero attached hydrogens (tertiary/aromatic N) is 2. The summed E-state index contributed by atoms with van der Waals surface area (Å²) >= 11 is 0. The second-order valence-electron chi connectivity index (χ2n) is 4.44. The van der Waals surface area contributed by atoms with Crippen molar-refractivity contribution in [2.24, 2.45) is 0 Å². The van der Waals surface area contributed by atoms with Gasteiger partial charge in [0.15, 0.2) is 0 Å². The summed E-state index contributed by atoms with van der Waals surface area (Å²) in [7, 11) is 0. The first-order valence-corrected chi connectivity index (χ1v) is 6.60. The predicted molar refractivity (Wildman–Crippen MR) is 75.4 cm³/mol. The fraction of sp³-hybridized carbons (Fsp3) is 0.357. The van der Waals surface area contributed by atoms with Crippen molar-refractivity contribution in [2.45, 2.75) is 26.8 Å². The fourth-order valence-corrected chi connectivity index (χ4v) is 1.74. The molecule has 0 aromatic carbocycles. The lowest BCUT2D eigenvalue weighted by Crippen LogP contribution is -2.24.